The average molecular weight is 563 g/mol. The van der Waals surface area contributed by atoms with Crippen LogP contribution < -0.4 is 31.1 Å². The van der Waals surface area contributed by atoms with E-state index < -0.39 is 11.8 Å². The Kier molecular flexibility index (Phi) is 15.1. The van der Waals surface area contributed by atoms with Crippen molar-refractivity contribution in [2.45, 2.75) is 12.8 Å². The van der Waals surface area contributed by atoms with Gasteiger partial charge in [0.05, 0.1) is 39.3 Å². The van der Waals surface area contributed by atoms with Crippen LogP contribution in [-0.2, 0) is 41.5 Å². The molecule has 6 N–H and O–H groups in total. The maximum absolute atomic E-state index is 11.9. The molecule has 4 amide bonds. The Morgan fingerprint density at radius 1 is 0.550 bits per heavy atom. The summed E-state index contributed by atoms with van der Waals surface area (Å²) in [6, 6.07) is 13.2. The Balaban J connectivity index is 1.41. The zero-order valence-electron chi connectivity index (χ0n) is 21.9. The highest BCUT2D eigenvalue weighted by atomic mass is 16.5. The fraction of sp³-hybridized carbons (Fsp3) is 0.385. The minimum atomic E-state index is -0.524. The predicted molar refractivity (Wildman–Crippen MR) is 139 cm³/mol. The molecule has 0 atom stereocenters. The SMILES string of the molecule is O=C(Cc1ccc(OCC(=O)NCCOCCOCCNC(=O)COc2ccc(CC(=O)NO)cc2)cc1)NO. The van der Waals surface area contributed by atoms with Crippen molar-refractivity contribution in [2.75, 3.05) is 52.7 Å². The van der Waals surface area contributed by atoms with Crippen molar-refractivity contribution >= 4 is 23.6 Å². The highest BCUT2D eigenvalue weighted by molar-refractivity contribution is 5.78. The van der Waals surface area contributed by atoms with Crippen molar-refractivity contribution in [1.82, 2.24) is 21.6 Å². The van der Waals surface area contributed by atoms with Crippen molar-refractivity contribution in [3.05, 3.63) is 59.7 Å². The van der Waals surface area contributed by atoms with E-state index in [1.165, 1.54) is 0 Å². The van der Waals surface area contributed by atoms with Gasteiger partial charge in [-0.05, 0) is 35.4 Å². The van der Waals surface area contributed by atoms with E-state index in [0.29, 0.717) is 62.1 Å². The van der Waals surface area contributed by atoms with Crippen LogP contribution >= 0.6 is 0 Å². The number of hydrogen-bond donors (Lipinski definition) is 6. The maximum Gasteiger partial charge on any atom is 0.258 e. The van der Waals surface area contributed by atoms with Crippen LogP contribution in [0, 0.1) is 0 Å². The molecule has 0 aliphatic carbocycles. The van der Waals surface area contributed by atoms with Crippen LogP contribution in [0.4, 0.5) is 0 Å². The van der Waals surface area contributed by atoms with Gasteiger partial charge in [-0.2, -0.15) is 0 Å². The lowest BCUT2D eigenvalue weighted by atomic mass is 10.1. The number of amides is 4. The average Bonchev–Trinajstić information content (AvgIpc) is 2.97. The number of carbonyl (C=O) groups is 4. The topological polar surface area (TPSA) is 194 Å². The number of carbonyl (C=O) groups excluding carboxylic acids is 4. The predicted octanol–water partition coefficient (Wildman–Crippen LogP) is -0.494. The summed E-state index contributed by atoms with van der Waals surface area (Å²) in [5.41, 5.74) is 4.50. The molecule has 14 heteroatoms. The van der Waals surface area contributed by atoms with Gasteiger partial charge in [0.1, 0.15) is 11.5 Å². The second-order valence-electron chi connectivity index (χ2n) is 8.21. The van der Waals surface area contributed by atoms with Crippen LogP contribution in [0.1, 0.15) is 11.1 Å². The monoisotopic (exact) mass is 562 g/mol. The lowest BCUT2D eigenvalue weighted by Gasteiger charge is -2.10. The van der Waals surface area contributed by atoms with Gasteiger partial charge in [-0.3, -0.25) is 29.6 Å². The molecule has 0 unspecified atom stereocenters. The zero-order valence-corrected chi connectivity index (χ0v) is 21.9. The second-order valence-corrected chi connectivity index (χ2v) is 8.21. The van der Waals surface area contributed by atoms with Crippen molar-refractivity contribution in [3.63, 3.8) is 0 Å². The van der Waals surface area contributed by atoms with E-state index in [2.05, 4.69) is 10.6 Å². The van der Waals surface area contributed by atoms with Gasteiger partial charge in [-0.25, -0.2) is 11.0 Å². The van der Waals surface area contributed by atoms with Crippen LogP contribution in [0.5, 0.6) is 11.5 Å². The summed E-state index contributed by atoms with van der Waals surface area (Å²) in [5.74, 6) is -0.732. The standard InChI is InChI=1S/C26H34N4O10/c31-23(29-35)15-19-1-5-21(6-2-19)39-17-25(33)27-9-11-37-13-14-38-12-10-28-26(34)18-40-22-7-3-20(4-8-22)16-24(32)30-36/h1-8,35-36H,9-18H2,(H,27,33)(H,28,34)(H,29,31)(H,30,32). The summed E-state index contributed by atoms with van der Waals surface area (Å²) in [6.45, 7) is 1.48. The van der Waals surface area contributed by atoms with Gasteiger partial charge in [0.15, 0.2) is 13.2 Å². The largest absolute Gasteiger partial charge is 0.484 e. The molecule has 0 heterocycles. The first-order valence-electron chi connectivity index (χ1n) is 12.4. The Hall–Kier alpha value is -4.24. The van der Waals surface area contributed by atoms with Gasteiger partial charge in [-0.15, -0.1) is 0 Å². The normalized spacial score (nSPS) is 10.3. The van der Waals surface area contributed by atoms with Crippen molar-refractivity contribution in [1.29, 1.82) is 0 Å². The van der Waals surface area contributed by atoms with Gasteiger partial charge < -0.3 is 29.6 Å². The van der Waals surface area contributed by atoms with Crippen molar-refractivity contribution < 1.29 is 48.5 Å². The number of nitrogens with one attached hydrogen (secondary N) is 4. The molecule has 40 heavy (non-hydrogen) atoms. The number of rotatable bonds is 19. The Morgan fingerprint density at radius 2 is 0.925 bits per heavy atom. The summed E-state index contributed by atoms with van der Waals surface area (Å²) < 4.78 is 21.5. The molecule has 0 radical (unpaired) electrons. The first-order chi connectivity index (χ1) is 19.4. The quantitative estimate of drug-likeness (QED) is 0.0739. The summed E-state index contributed by atoms with van der Waals surface area (Å²) in [5, 5.41) is 22.4. The maximum atomic E-state index is 11.9. The van der Waals surface area contributed by atoms with Crippen LogP contribution in [0.3, 0.4) is 0 Å². The van der Waals surface area contributed by atoms with E-state index in [-0.39, 0.29) is 37.9 Å². The Bertz CT molecular complexity index is 979. The van der Waals surface area contributed by atoms with E-state index in [1.54, 1.807) is 59.5 Å². The third-order valence-electron chi connectivity index (χ3n) is 5.07. The highest BCUT2D eigenvalue weighted by Crippen LogP contribution is 2.13. The zero-order chi connectivity index (χ0) is 29.0. The fourth-order valence-electron chi connectivity index (χ4n) is 3.10. The smallest absolute Gasteiger partial charge is 0.258 e. The molecule has 2 rings (SSSR count). The molecule has 0 aliphatic heterocycles. The van der Waals surface area contributed by atoms with Gasteiger partial charge in [0, 0.05) is 13.1 Å². The summed E-state index contributed by atoms with van der Waals surface area (Å²) in [6.07, 6.45) is 0.0636. The number of ether oxygens (including phenoxy) is 4. The summed E-state index contributed by atoms with van der Waals surface area (Å²) >= 11 is 0. The van der Waals surface area contributed by atoms with Crippen molar-refractivity contribution in [2.24, 2.45) is 0 Å². The lowest BCUT2D eigenvalue weighted by Crippen LogP contribution is -2.32. The Morgan fingerprint density at radius 3 is 1.27 bits per heavy atom. The molecule has 0 aliphatic rings. The summed E-state index contributed by atoms with van der Waals surface area (Å²) in [7, 11) is 0. The van der Waals surface area contributed by atoms with Crippen LogP contribution in [0.2, 0.25) is 0 Å². The number of benzene rings is 2. The molecular formula is C26H34N4O10. The minimum absolute atomic E-state index is 0.0318. The van der Waals surface area contributed by atoms with Gasteiger partial charge >= 0.3 is 0 Å². The van der Waals surface area contributed by atoms with E-state index in [1.807, 2.05) is 0 Å². The fourth-order valence-corrected chi connectivity index (χ4v) is 3.10. The Labute approximate surface area is 230 Å². The third-order valence-corrected chi connectivity index (χ3v) is 5.07. The minimum Gasteiger partial charge on any atom is -0.484 e. The molecule has 2 aromatic carbocycles. The molecule has 0 aromatic heterocycles. The van der Waals surface area contributed by atoms with Crippen LogP contribution in [0.25, 0.3) is 0 Å². The molecule has 0 saturated heterocycles. The van der Waals surface area contributed by atoms with Gasteiger partial charge in [-0.1, -0.05) is 24.3 Å². The first kappa shape index (κ1) is 32.0. The van der Waals surface area contributed by atoms with E-state index >= 15 is 0 Å². The molecule has 14 nitrogen and oxygen atoms in total. The number of hydrogen-bond acceptors (Lipinski definition) is 10. The summed E-state index contributed by atoms with van der Waals surface area (Å²) in [4.78, 5) is 46.0. The van der Waals surface area contributed by atoms with Crippen LogP contribution in [-0.4, -0.2) is 86.8 Å². The molecule has 0 spiro atoms. The molecule has 218 valence electrons. The molecule has 0 fully saturated rings. The van der Waals surface area contributed by atoms with E-state index in [4.69, 9.17) is 29.4 Å². The lowest BCUT2D eigenvalue weighted by molar-refractivity contribution is -0.129. The molecule has 0 bridgehead atoms. The van der Waals surface area contributed by atoms with E-state index in [9.17, 15) is 19.2 Å². The third kappa shape index (κ3) is 14.1. The van der Waals surface area contributed by atoms with E-state index in [0.717, 1.165) is 0 Å². The second kappa shape index (κ2) is 18.9. The van der Waals surface area contributed by atoms with Crippen molar-refractivity contribution in [3.8, 4) is 11.5 Å². The van der Waals surface area contributed by atoms with Gasteiger partial charge in [0.2, 0.25) is 11.8 Å². The molecule has 0 saturated carbocycles. The highest BCUT2D eigenvalue weighted by Gasteiger charge is 2.06. The number of hydroxylamine groups is 2. The molecule has 2 aromatic rings. The molecular weight excluding hydrogens is 528 g/mol. The van der Waals surface area contributed by atoms with Gasteiger partial charge in [0.25, 0.3) is 11.8 Å². The first-order valence-corrected chi connectivity index (χ1v) is 12.4. The van der Waals surface area contributed by atoms with Crippen LogP contribution in [0.15, 0.2) is 48.5 Å².